The van der Waals surface area contributed by atoms with Crippen LogP contribution in [0.15, 0.2) is 91.0 Å². The molecule has 0 aliphatic carbocycles. The third-order valence-electron chi connectivity index (χ3n) is 6.08. The van der Waals surface area contributed by atoms with Gasteiger partial charge < -0.3 is 10.1 Å². The van der Waals surface area contributed by atoms with Gasteiger partial charge in [0, 0.05) is 17.0 Å². The molecule has 3 aromatic rings. The molecule has 0 radical (unpaired) electrons. The molecule has 0 aromatic heterocycles. The van der Waals surface area contributed by atoms with E-state index >= 15 is 0 Å². The fraction of sp³-hybridized carbons (Fsp3) is 0.333. The van der Waals surface area contributed by atoms with E-state index in [1.807, 2.05) is 54.6 Å². The Bertz CT molecular complexity index is 980. The van der Waals surface area contributed by atoms with Crippen molar-refractivity contribution in [2.45, 2.75) is 48.2 Å². The van der Waals surface area contributed by atoms with Crippen LogP contribution in [0.3, 0.4) is 0 Å². The third-order valence-corrected chi connectivity index (χ3v) is 8.18. The maximum Gasteiger partial charge on any atom is 0.329 e. The van der Waals surface area contributed by atoms with Gasteiger partial charge in [0.25, 0.3) is 0 Å². The molecule has 3 rings (SSSR count). The largest absolute Gasteiger partial charge is 0.467 e. The van der Waals surface area contributed by atoms with Crippen molar-refractivity contribution in [3.63, 3.8) is 0 Å². The second-order valence-corrected chi connectivity index (χ2v) is 11.6. The van der Waals surface area contributed by atoms with Gasteiger partial charge in [-0.1, -0.05) is 120 Å². The summed E-state index contributed by atoms with van der Waals surface area (Å²) in [6.45, 7) is 2.10. The molecule has 3 aromatic carbocycles. The van der Waals surface area contributed by atoms with Crippen molar-refractivity contribution in [2.75, 3.05) is 12.9 Å². The number of amides is 1. The van der Waals surface area contributed by atoms with E-state index in [1.165, 1.54) is 7.11 Å². The molecule has 0 aliphatic rings. The fourth-order valence-corrected chi connectivity index (χ4v) is 6.13. The third kappa shape index (κ3) is 7.47. The molecule has 0 bridgehead atoms. The van der Waals surface area contributed by atoms with Gasteiger partial charge in [0.15, 0.2) is 0 Å². The lowest BCUT2D eigenvalue weighted by Gasteiger charge is -2.36. The number of esters is 1. The number of ether oxygens (including phenoxy) is 1. The minimum absolute atomic E-state index is 0.127. The van der Waals surface area contributed by atoms with Crippen molar-refractivity contribution in [2.24, 2.45) is 0 Å². The molecule has 1 amide bonds. The predicted octanol–water partition coefficient (Wildman–Crippen LogP) is 6.71. The normalized spacial score (nSPS) is 13.0. The Morgan fingerprint density at radius 3 is 1.75 bits per heavy atom. The molecule has 0 saturated carbocycles. The van der Waals surface area contributed by atoms with Gasteiger partial charge in [0.1, 0.15) is 6.04 Å². The summed E-state index contributed by atoms with van der Waals surface area (Å²) in [7, 11) is 1.36. The second-order valence-electron chi connectivity index (χ2n) is 8.76. The first kappa shape index (κ1) is 28.0. The van der Waals surface area contributed by atoms with Crippen molar-refractivity contribution < 1.29 is 14.3 Å². The maximum absolute atomic E-state index is 12.7. The highest BCUT2D eigenvalue weighted by atomic mass is 79.9. The van der Waals surface area contributed by atoms with E-state index in [4.69, 9.17) is 4.74 Å². The SMILES string of the molecule is COC(=O)[C@H](CSC(c1ccccc1)(c1ccccc1)c1ccccc1)NC(=O)CCCCC(C)Br. The zero-order valence-corrected chi connectivity index (χ0v) is 23.3. The number of unbranched alkanes of at least 4 members (excludes halogenated alkanes) is 1. The summed E-state index contributed by atoms with van der Waals surface area (Å²) in [6.07, 6.45) is 3.14. The fourth-order valence-electron chi connectivity index (χ4n) is 4.27. The molecule has 0 fully saturated rings. The minimum Gasteiger partial charge on any atom is -0.467 e. The van der Waals surface area contributed by atoms with Crippen LogP contribution < -0.4 is 5.32 Å². The van der Waals surface area contributed by atoms with Crippen LogP contribution in [0.1, 0.15) is 49.3 Å². The highest BCUT2D eigenvalue weighted by Gasteiger charge is 2.38. The zero-order chi connectivity index (χ0) is 25.8. The van der Waals surface area contributed by atoms with Gasteiger partial charge in [0.05, 0.1) is 11.9 Å². The Morgan fingerprint density at radius 2 is 1.33 bits per heavy atom. The van der Waals surface area contributed by atoms with Crippen molar-refractivity contribution in [1.82, 2.24) is 5.32 Å². The van der Waals surface area contributed by atoms with Gasteiger partial charge in [-0.25, -0.2) is 4.79 Å². The summed E-state index contributed by atoms with van der Waals surface area (Å²) in [6, 6.07) is 30.1. The number of nitrogens with one attached hydrogen (secondary N) is 1. The van der Waals surface area contributed by atoms with Gasteiger partial charge in [-0.05, 0) is 29.5 Å². The average Bonchev–Trinajstić information content (AvgIpc) is 2.92. The van der Waals surface area contributed by atoms with Crippen LogP contribution in [-0.4, -0.2) is 35.6 Å². The van der Waals surface area contributed by atoms with Crippen LogP contribution in [-0.2, 0) is 19.1 Å². The summed E-state index contributed by atoms with van der Waals surface area (Å²) in [5, 5.41) is 2.94. The van der Waals surface area contributed by atoms with E-state index < -0.39 is 16.8 Å². The smallest absolute Gasteiger partial charge is 0.329 e. The Balaban J connectivity index is 1.91. The van der Waals surface area contributed by atoms with Gasteiger partial charge in [0.2, 0.25) is 5.91 Å². The lowest BCUT2D eigenvalue weighted by molar-refractivity contribution is -0.144. The molecule has 2 atom stereocenters. The molecule has 0 saturated heterocycles. The second kappa shape index (κ2) is 14.2. The lowest BCUT2D eigenvalue weighted by atomic mass is 9.84. The van der Waals surface area contributed by atoms with Crippen LogP contribution in [0.4, 0.5) is 0 Å². The number of benzene rings is 3. The standard InChI is InChI=1S/C30H34BrNO3S/c1-23(31)14-12-13-21-28(33)32-27(29(34)35-2)22-36-30(24-15-6-3-7-16-24,25-17-8-4-9-18-25)26-19-10-5-11-20-26/h3-11,15-20,23,27H,12-14,21-22H2,1-2H3,(H,32,33)/t23?,27-/m0/s1. The average molecular weight is 569 g/mol. The number of alkyl halides is 1. The number of hydrogen-bond acceptors (Lipinski definition) is 4. The number of hydrogen-bond donors (Lipinski definition) is 1. The van der Waals surface area contributed by atoms with Crippen molar-refractivity contribution in [1.29, 1.82) is 0 Å². The number of methoxy groups -OCH3 is 1. The van der Waals surface area contributed by atoms with Gasteiger partial charge >= 0.3 is 5.97 Å². The van der Waals surface area contributed by atoms with Crippen molar-refractivity contribution >= 4 is 39.6 Å². The highest BCUT2D eigenvalue weighted by molar-refractivity contribution is 9.09. The summed E-state index contributed by atoms with van der Waals surface area (Å²) in [5.74, 6) is -0.207. The van der Waals surface area contributed by atoms with Crippen LogP contribution >= 0.6 is 27.7 Å². The molecular weight excluding hydrogens is 534 g/mol. The van der Waals surface area contributed by atoms with E-state index in [0.29, 0.717) is 17.0 Å². The number of halogens is 1. The maximum atomic E-state index is 12.7. The Morgan fingerprint density at radius 1 is 0.861 bits per heavy atom. The molecule has 4 nitrogen and oxygen atoms in total. The quantitative estimate of drug-likeness (QED) is 0.108. The topological polar surface area (TPSA) is 55.4 Å². The number of carbonyl (C=O) groups is 2. The molecule has 36 heavy (non-hydrogen) atoms. The highest BCUT2D eigenvalue weighted by Crippen LogP contribution is 2.48. The Labute approximate surface area is 227 Å². The molecule has 0 heterocycles. The monoisotopic (exact) mass is 567 g/mol. The van der Waals surface area contributed by atoms with Crippen LogP contribution in [0, 0.1) is 0 Å². The molecule has 1 unspecified atom stereocenters. The number of rotatable bonds is 13. The summed E-state index contributed by atoms with van der Waals surface area (Å²) in [5.41, 5.74) is 3.31. The van der Waals surface area contributed by atoms with E-state index in [0.717, 1.165) is 36.0 Å². The molecule has 1 N–H and O–H groups in total. The van der Waals surface area contributed by atoms with Crippen molar-refractivity contribution in [3.8, 4) is 0 Å². The van der Waals surface area contributed by atoms with E-state index in [2.05, 4.69) is 64.6 Å². The first-order valence-electron chi connectivity index (χ1n) is 12.3. The van der Waals surface area contributed by atoms with Crippen LogP contribution in [0.5, 0.6) is 0 Å². The van der Waals surface area contributed by atoms with Crippen LogP contribution in [0.25, 0.3) is 0 Å². The van der Waals surface area contributed by atoms with Crippen molar-refractivity contribution in [3.05, 3.63) is 108 Å². The molecule has 6 heteroatoms. The van der Waals surface area contributed by atoms with E-state index in [-0.39, 0.29) is 5.91 Å². The van der Waals surface area contributed by atoms with Gasteiger partial charge in [-0.3, -0.25) is 4.79 Å². The molecule has 0 aliphatic heterocycles. The first-order chi connectivity index (χ1) is 17.5. The van der Waals surface area contributed by atoms with E-state index in [9.17, 15) is 9.59 Å². The summed E-state index contributed by atoms with van der Waals surface area (Å²) >= 11 is 5.18. The van der Waals surface area contributed by atoms with Crippen LogP contribution in [0.2, 0.25) is 0 Å². The van der Waals surface area contributed by atoms with E-state index in [1.54, 1.807) is 11.8 Å². The first-order valence-corrected chi connectivity index (χ1v) is 14.2. The predicted molar refractivity (Wildman–Crippen MR) is 152 cm³/mol. The Hall–Kier alpha value is -2.57. The molecular formula is C30H34BrNO3S. The Kier molecular flexibility index (Phi) is 11.1. The number of thioether (sulfide) groups is 1. The zero-order valence-electron chi connectivity index (χ0n) is 20.9. The number of carbonyl (C=O) groups excluding carboxylic acids is 2. The minimum atomic E-state index is -0.752. The molecule has 190 valence electrons. The summed E-state index contributed by atoms with van der Waals surface area (Å²) in [4.78, 5) is 25.9. The lowest BCUT2D eigenvalue weighted by Crippen LogP contribution is -2.44. The molecule has 0 spiro atoms. The van der Waals surface area contributed by atoms with Gasteiger partial charge in [-0.15, -0.1) is 11.8 Å². The van der Waals surface area contributed by atoms with Gasteiger partial charge in [-0.2, -0.15) is 0 Å². The summed E-state index contributed by atoms with van der Waals surface area (Å²) < 4.78 is 4.50.